The van der Waals surface area contributed by atoms with Crippen molar-refractivity contribution in [3.8, 4) is 0 Å². The van der Waals surface area contributed by atoms with Crippen molar-refractivity contribution in [1.29, 1.82) is 0 Å². The summed E-state index contributed by atoms with van der Waals surface area (Å²) in [4.78, 5) is 4.27. The van der Waals surface area contributed by atoms with E-state index in [4.69, 9.17) is 5.73 Å². The number of guanidine groups is 1. The highest BCUT2D eigenvalue weighted by Crippen LogP contribution is 2.38. The van der Waals surface area contributed by atoms with Gasteiger partial charge in [0.1, 0.15) is 0 Å². The van der Waals surface area contributed by atoms with E-state index in [1.807, 2.05) is 24.3 Å². The maximum Gasteiger partial charge on any atom is 0.198 e. The van der Waals surface area contributed by atoms with Gasteiger partial charge in [-0.05, 0) is 18.2 Å². The Kier molecular flexibility index (Phi) is 1.73. The predicted molar refractivity (Wildman–Crippen MR) is 66.6 cm³/mol. The van der Waals surface area contributed by atoms with Crippen molar-refractivity contribution in [3.63, 3.8) is 0 Å². The van der Waals surface area contributed by atoms with Crippen LogP contribution in [0.3, 0.4) is 0 Å². The molecule has 2 aromatic rings. The minimum atomic E-state index is 0.442. The molecule has 0 saturated carbocycles. The molecule has 0 bridgehead atoms. The van der Waals surface area contributed by atoms with Crippen molar-refractivity contribution in [2.24, 2.45) is 10.7 Å². The van der Waals surface area contributed by atoms with Crippen molar-refractivity contribution in [3.05, 3.63) is 34.8 Å². The molecule has 1 heterocycles. The molecule has 74 valence electrons. The molecule has 0 aliphatic carbocycles. The minimum absolute atomic E-state index is 0.442. The Balaban J connectivity index is 2.51. The topological polar surface area (TPSA) is 50.4 Å². The second-order valence-corrected chi connectivity index (χ2v) is 4.27. The first-order chi connectivity index (χ1) is 7.25. The monoisotopic (exact) mass is 261 g/mol. The van der Waals surface area contributed by atoms with E-state index in [1.54, 1.807) is 0 Å². The molecule has 0 saturated heterocycles. The van der Waals surface area contributed by atoms with E-state index in [9.17, 15) is 0 Å². The summed E-state index contributed by atoms with van der Waals surface area (Å²) in [7, 11) is 0. The summed E-state index contributed by atoms with van der Waals surface area (Å²) in [6.07, 6.45) is 0. The third-order valence-electron chi connectivity index (χ3n) is 2.47. The molecule has 1 aliphatic heterocycles. The van der Waals surface area contributed by atoms with Crippen molar-refractivity contribution in [2.75, 3.05) is 5.32 Å². The van der Waals surface area contributed by atoms with Gasteiger partial charge in [-0.2, -0.15) is 0 Å². The molecule has 0 atom stereocenters. The average Bonchev–Trinajstić information content (AvgIpc) is 2.23. The Morgan fingerprint density at radius 2 is 2.07 bits per heavy atom. The second-order valence-electron chi connectivity index (χ2n) is 3.42. The molecule has 0 fully saturated rings. The molecular weight excluding hydrogens is 254 g/mol. The van der Waals surface area contributed by atoms with E-state index in [1.165, 1.54) is 0 Å². The van der Waals surface area contributed by atoms with E-state index in [0.717, 1.165) is 26.6 Å². The summed E-state index contributed by atoms with van der Waals surface area (Å²) in [5, 5.41) is 5.32. The molecule has 4 heteroatoms. The third-order valence-corrected chi connectivity index (χ3v) is 3.16. The van der Waals surface area contributed by atoms with E-state index in [0.29, 0.717) is 5.96 Å². The van der Waals surface area contributed by atoms with Gasteiger partial charge in [0.25, 0.3) is 0 Å². The highest BCUT2D eigenvalue weighted by molar-refractivity contribution is 9.10. The molecule has 3 N–H and O–H groups in total. The first-order valence-corrected chi connectivity index (χ1v) is 5.37. The molecule has 0 amide bonds. The summed E-state index contributed by atoms with van der Waals surface area (Å²) in [6, 6.07) is 10.0. The highest BCUT2D eigenvalue weighted by atomic mass is 79.9. The molecule has 3 nitrogen and oxygen atoms in total. The third kappa shape index (κ3) is 1.22. The van der Waals surface area contributed by atoms with Gasteiger partial charge >= 0.3 is 0 Å². The van der Waals surface area contributed by atoms with E-state index in [2.05, 4.69) is 32.3 Å². The summed E-state index contributed by atoms with van der Waals surface area (Å²) in [5.41, 5.74) is 7.62. The van der Waals surface area contributed by atoms with Crippen LogP contribution >= 0.6 is 15.9 Å². The number of rotatable bonds is 0. The summed E-state index contributed by atoms with van der Waals surface area (Å²) >= 11 is 3.53. The second kappa shape index (κ2) is 2.97. The number of nitrogens with zero attached hydrogens (tertiary/aromatic N) is 1. The van der Waals surface area contributed by atoms with Crippen LogP contribution in [0.25, 0.3) is 10.8 Å². The quantitative estimate of drug-likeness (QED) is 0.766. The summed E-state index contributed by atoms with van der Waals surface area (Å²) in [6.45, 7) is 0. The Hall–Kier alpha value is -1.55. The van der Waals surface area contributed by atoms with Gasteiger partial charge in [0, 0.05) is 15.2 Å². The number of anilines is 1. The van der Waals surface area contributed by atoms with Crippen molar-refractivity contribution < 1.29 is 0 Å². The fourth-order valence-corrected chi connectivity index (χ4v) is 2.31. The zero-order chi connectivity index (χ0) is 10.4. The molecule has 15 heavy (non-hydrogen) atoms. The number of nitrogens with two attached hydrogens (primary N) is 1. The molecule has 2 aromatic carbocycles. The normalized spacial score (nSPS) is 13.5. The standard InChI is InChI=1S/C11H8BrN3/c12-7-4-5-9-10-6(7)2-1-3-8(10)14-11(13)15-9/h1-5H,(H3,13,14,15). The highest BCUT2D eigenvalue weighted by Gasteiger charge is 2.13. The van der Waals surface area contributed by atoms with Gasteiger partial charge < -0.3 is 11.1 Å². The fraction of sp³-hybridized carbons (Fsp3) is 0. The Morgan fingerprint density at radius 3 is 2.93 bits per heavy atom. The first-order valence-electron chi connectivity index (χ1n) is 4.58. The van der Waals surface area contributed by atoms with Crippen LogP contribution in [0.4, 0.5) is 11.4 Å². The lowest BCUT2D eigenvalue weighted by molar-refractivity contribution is 1.43. The van der Waals surface area contributed by atoms with Gasteiger partial charge in [-0.3, -0.25) is 0 Å². The number of nitrogens with one attached hydrogen (secondary N) is 1. The van der Waals surface area contributed by atoms with Crippen LogP contribution in [0.5, 0.6) is 0 Å². The lowest BCUT2D eigenvalue weighted by atomic mass is 10.1. The van der Waals surface area contributed by atoms with Gasteiger partial charge in [-0.25, -0.2) is 4.99 Å². The zero-order valence-electron chi connectivity index (χ0n) is 7.79. The fourth-order valence-electron chi connectivity index (χ4n) is 1.85. The van der Waals surface area contributed by atoms with E-state index in [-0.39, 0.29) is 0 Å². The van der Waals surface area contributed by atoms with Crippen LogP contribution in [-0.2, 0) is 0 Å². The zero-order valence-corrected chi connectivity index (χ0v) is 9.38. The van der Waals surface area contributed by atoms with Crippen LogP contribution in [0.1, 0.15) is 0 Å². The van der Waals surface area contributed by atoms with Crippen molar-refractivity contribution in [1.82, 2.24) is 0 Å². The van der Waals surface area contributed by atoms with Gasteiger partial charge in [0.05, 0.1) is 11.4 Å². The Bertz CT molecular complexity index is 590. The summed E-state index contributed by atoms with van der Waals surface area (Å²) in [5.74, 6) is 0.442. The molecule has 0 radical (unpaired) electrons. The van der Waals surface area contributed by atoms with Crippen LogP contribution in [0.2, 0.25) is 0 Å². The number of hydrogen-bond donors (Lipinski definition) is 2. The SMILES string of the molecule is NC1=Nc2ccc(Br)c3cccc(c23)N1. The smallest absolute Gasteiger partial charge is 0.198 e. The van der Waals surface area contributed by atoms with Crippen molar-refractivity contribution in [2.45, 2.75) is 0 Å². The van der Waals surface area contributed by atoms with Crippen LogP contribution in [0.15, 0.2) is 39.8 Å². The minimum Gasteiger partial charge on any atom is -0.369 e. The van der Waals surface area contributed by atoms with Gasteiger partial charge in [-0.1, -0.05) is 28.1 Å². The van der Waals surface area contributed by atoms with E-state index >= 15 is 0 Å². The van der Waals surface area contributed by atoms with Crippen LogP contribution in [0, 0.1) is 0 Å². The van der Waals surface area contributed by atoms with Gasteiger partial charge in [0.2, 0.25) is 0 Å². The molecule has 3 rings (SSSR count). The molecular formula is C11H8BrN3. The lowest BCUT2D eigenvalue weighted by Crippen LogP contribution is -2.23. The van der Waals surface area contributed by atoms with Crippen LogP contribution < -0.4 is 11.1 Å². The molecule has 0 unspecified atom stereocenters. The number of aliphatic imine (C=N–C) groups is 1. The Morgan fingerprint density at radius 1 is 1.20 bits per heavy atom. The maximum atomic E-state index is 5.69. The first kappa shape index (κ1) is 8.73. The molecule has 0 aromatic heterocycles. The predicted octanol–water partition coefficient (Wildman–Crippen LogP) is 2.97. The van der Waals surface area contributed by atoms with Gasteiger partial charge in [-0.15, -0.1) is 0 Å². The molecule has 0 spiro atoms. The van der Waals surface area contributed by atoms with E-state index < -0.39 is 0 Å². The number of hydrogen-bond acceptors (Lipinski definition) is 3. The summed E-state index contributed by atoms with van der Waals surface area (Å²) < 4.78 is 1.07. The number of halogens is 1. The van der Waals surface area contributed by atoms with Crippen molar-refractivity contribution >= 4 is 44.0 Å². The Labute approximate surface area is 95.1 Å². The number of benzene rings is 2. The van der Waals surface area contributed by atoms with Gasteiger partial charge in [0.15, 0.2) is 5.96 Å². The average molecular weight is 262 g/mol. The molecule has 1 aliphatic rings. The van der Waals surface area contributed by atoms with Crippen LogP contribution in [-0.4, -0.2) is 5.96 Å². The largest absolute Gasteiger partial charge is 0.369 e. The maximum absolute atomic E-state index is 5.69. The lowest BCUT2D eigenvalue weighted by Gasteiger charge is -2.16.